The summed E-state index contributed by atoms with van der Waals surface area (Å²) in [5.41, 5.74) is 30.6. The summed E-state index contributed by atoms with van der Waals surface area (Å²) < 4.78 is 6.00. The number of nitrogens with two attached hydrogens (primary N) is 5. The van der Waals surface area contributed by atoms with E-state index in [9.17, 15) is 43.2 Å². The van der Waals surface area contributed by atoms with Gasteiger partial charge in [0.1, 0.15) is 42.3 Å². The second kappa shape index (κ2) is 31.6. The number of benzene rings is 3. The first-order valence-corrected chi connectivity index (χ1v) is 27.2. The maximum Gasteiger partial charge on any atom is 0.245 e. The minimum absolute atomic E-state index is 0.0136. The van der Waals surface area contributed by atoms with Crippen LogP contribution in [-0.4, -0.2) is 151 Å². The number of hydrogen-bond donors (Lipinski definition) is 15. The summed E-state index contributed by atoms with van der Waals surface area (Å²) in [5.74, 6) is -7.53. The van der Waals surface area contributed by atoms with Crippen molar-refractivity contribution in [2.24, 2.45) is 38.7 Å². The van der Waals surface area contributed by atoms with Crippen LogP contribution in [0.4, 0.5) is 0 Å². The Labute approximate surface area is 473 Å². The van der Waals surface area contributed by atoms with Crippen molar-refractivity contribution >= 4 is 76.0 Å². The lowest BCUT2D eigenvalue weighted by molar-refractivity contribution is -0.137. The van der Waals surface area contributed by atoms with Crippen LogP contribution < -0.4 is 76.5 Å². The van der Waals surface area contributed by atoms with Gasteiger partial charge < -0.3 is 86.2 Å². The molecule has 27 nitrogen and oxygen atoms in total. The lowest BCUT2D eigenvalue weighted by Crippen LogP contribution is -2.65. The fourth-order valence-electron chi connectivity index (χ4n) is 9.27. The maximum atomic E-state index is 14.8. The van der Waals surface area contributed by atoms with Gasteiger partial charge in [-0.1, -0.05) is 78.9 Å². The number of primary amides is 1. The zero-order valence-corrected chi connectivity index (χ0v) is 45.5. The number of H-pyrrole nitrogens is 1. The van der Waals surface area contributed by atoms with Crippen molar-refractivity contribution in [2.75, 3.05) is 32.8 Å². The van der Waals surface area contributed by atoms with Gasteiger partial charge in [0.05, 0.1) is 25.7 Å². The van der Waals surface area contributed by atoms with E-state index < -0.39 is 115 Å². The molecule has 2 fully saturated rings. The molecule has 0 bridgehead atoms. The molecule has 4 aromatic rings. The molecule has 20 N–H and O–H groups in total. The molecule has 0 saturated carbocycles. The number of fused-ring (bicyclic) bond motifs is 1. The van der Waals surface area contributed by atoms with Crippen molar-refractivity contribution in [1.82, 2.24) is 52.8 Å². The molecule has 2 aliphatic rings. The number of para-hydroxylation sites is 1. The second-order valence-electron chi connectivity index (χ2n) is 20.0. The van der Waals surface area contributed by atoms with E-state index in [-0.39, 0.29) is 89.7 Å². The lowest BCUT2D eigenvalue weighted by Gasteiger charge is -2.31. The van der Waals surface area contributed by atoms with E-state index in [1.165, 1.54) is 0 Å². The number of carbonyl (C=O) groups is 9. The van der Waals surface area contributed by atoms with E-state index in [1.54, 1.807) is 66.9 Å². The number of aromatic amines is 1. The number of hydrogen-bond acceptors (Lipinski definition) is 13. The smallest absolute Gasteiger partial charge is 0.245 e. The van der Waals surface area contributed by atoms with Crippen molar-refractivity contribution in [1.29, 1.82) is 0 Å². The van der Waals surface area contributed by atoms with Crippen LogP contribution in [0.1, 0.15) is 68.1 Å². The van der Waals surface area contributed by atoms with Crippen molar-refractivity contribution in [3.05, 3.63) is 108 Å². The number of carbonyl (C=O) groups excluding carboxylic acids is 9. The molecule has 1 aromatic heterocycles. The maximum absolute atomic E-state index is 14.8. The molecule has 2 saturated heterocycles. The molecule has 27 heteroatoms. The number of aliphatic imine (C=N–C) groups is 2. The average Bonchev–Trinajstić information content (AvgIpc) is 4.05. The van der Waals surface area contributed by atoms with Crippen molar-refractivity contribution in [3.8, 4) is 0 Å². The zero-order valence-electron chi connectivity index (χ0n) is 45.5. The Morgan fingerprint density at radius 2 is 1.13 bits per heavy atom. The molecule has 0 aliphatic carbocycles. The number of nitrogens with one attached hydrogen (secondary N) is 10. The Kier molecular flexibility index (Phi) is 23.9. The molecule has 3 aromatic carbocycles. The Balaban J connectivity index is 1.33. The third-order valence-electron chi connectivity index (χ3n) is 13.6. The van der Waals surface area contributed by atoms with E-state index in [2.05, 4.69) is 62.8 Å². The summed E-state index contributed by atoms with van der Waals surface area (Å²) >= 11 is 0. The van der Waals surface area contributed by atoms with Gasteiger partial charge in [-0.15, -0.1) is 0 Å². The highest BCUT2D eigenvalue weighted by Gasteiger charge is 2.37. The Morgan fingerprint density at radius 3 is 1.79 bits per heavy atom. The molecule has 2 aliphatic heterocycles. The number of nitrogens with zero attached hydrogens (tertiary/aromatic N) is 2. The van der Waals surface area contributed by atoms with Crippen LogP contribution in [0, 0.1) is 0 Å². The van der Waals surface area contributed by atoms with E-state index in [1.807, 2.05) is 24.3 Å². The number of aromatic nitrogens is 1. The number of ether oxygens (including phenoxy) is 1. The number of amides is 9. The van der Waals surface area contributed by atoms with E-state index in [0.29, 0.717) is 24.0 Å². The van der Waals surface area contributed by atoms with Gasteiger partial charge in [0.25, 0.3) is 0 Å². The van der Waals surface area contributed by atoms with Gasteiger partial charge in [0.15, 0.2) is 11.9 Å². The lowest BCUT2D eigenvalue weighted by atomic mass is 10.0. The molecule has 440 valence electrons. The number of guanidine groups is 2. The Bertz CT molecular complexity index is 2900. The van der Waals surface area contributed by atoms with Crippen LogP contribution in [-0.2, 0) is 67.3 Å². The van der Waals surface area contributed by atoms with Crippen molar-refractivity contribution in [3.63, 3.8) is 0 Å². The third kappa shape index (κ3) is 19.9. The van der Waals surface area contributed by atoms with Crippen LogP contribution in [0.5, 0.6) is 0 Å². The van der Waals surface area contributed by atoms with Crippen molar-refractivity contribution < 1.29 is 47.9 Å². The van der Waals surface area contributed by atoms with Gasteiger partial charge in [0.2, 0.25) is 53.2 Å². The van der Waals surface area contributed by atoms with Gasteiger partial charge in [-0.2, -0.15) is 0 Å². The topological polar surface area (TPSA) is 442 Å². The highest BCUT2D eigenvalue weighted by molar-refractivity contribution is 5.99. The van der Waals surface area contributed by atoms with Gasteiger partial charge in [-0.3, -0.25) is 53.1 Å². The summed E-state index contributed by atoms with van der Waals surface area (Å²) in [5, 5.41) is 25.3. The molecule has 0 unspecified atom stereocenters. The Morgan fingerprint density at radius 1 is 0.585 bits per heavy atom. The van der Waals surface area contributed by atoms with Gasteiger partial charge in [-0.05, 0) is 67.7 Å². The third-order valence-corrected chi connectivity index (χ3v) is 13.6. The van der Waals surface area contributed by atoms with Crippen LogP contribution >= 0.6 is 0 Å². The predicted molar refractivity (Wildman–Crippen MR) is 304 cm³/mol. The number of piperazine rings is 1. The first kappa shape index (κ1) is 62.1. The van der Waals surface area contributed by atoms with Crippen LogP contribution in [0.2, 0.25) is 0 Å². The fraction of sp³-hybridized carbons (Fsp3) is 0.436. The molecule has 0 radical (unpaired) electrons. The average molecular weight is 1130 g/mol. The fourth-order valence-corrected chi connectivity index (χ4v) is 9.27. The monoisotopic (exact) mass is 1130 g/mol. The quantitative estimate of drug-likeness (QED) is 0.0250. The molecule has 0 spiro atoms. The minimum Gasteiger partial charge on any atom is -0.374 e. The molecule has 8 atom stereocenters. The van der Waals surface area contributed by atoms with Crippen LogP contribution in [0.25, 0.3) is 10.9 Å². The van der Waals surface area contributed by atoms with E-state index >= 15 is 0 Å². The molecule has 3 heterocycles. The predicted octanol–water partition coefficient (Wildman–Crippen LogP) is -3.18. The minimum atomic E-state index is -1.65. The number of rotatable bonds is 19. The molecule has 6 rings (SSSR count). The summed E-state index contributed by atoms with van der Waals surface area (Å²) in [4.78, 5) is 138. The zero-order chi connectivity index (χ0) is 59.0. The first-order valence-electron chi connectivity index (χ1n) is 27.2. The van der Waals surface area contributed by atoms with Gasteiger partial charge in [-0.25, -0.2) is 0 Å². The summed E-state index contributed by atoms with van der Waals surface area (Å²) in [6, 6.07) is 14.4. The van der Waals surface area contributed by atoms with Crippen molar-refractivity contribution in [2.45, 2.75) is 119 Å². The summed E-state index contributed by atoms with van der Waals surface area (Å²) in [6.45, 7) is -0.209. The van der Waals surface area contributed by atoms with E-state index in [0.717, 1.165) is 16.5 Å². The highest BCUT2D eigenvalue weighted by Crippen LogP contribution is 2.20. The second-order valence-corrected chi connectivity index (χ2v) is 20.0. The SMILES string of the molecule is NC(=O)[C@@H]1CCCCNC(=O)C[C@H](NC(=O)[C@H]2CN[C@@H](CCCN=C(N)N)C(=O)N2)C(=O)N[C@@H](COCc2ccccc2)C(=O)N[C@H](Cc2ccccc2)C(=O)N[C@@H](CCCN=C(N)N)C(=O)N[C@@H](Cc2c[nH]c3ccccc23)C(=O)N1. The molecular formula is C55H75N17O10. The first-order chi connectivity index (χ1) is 39.4. The highest BCUT2D eigenvalue weighted by atomic mass is 16.5. The normalized spacial score (nSPS) is 22.8. The molecular weight excluding hydrogens is 1060 g/mol. The largest absolute Gasteiger partial charge is 0.374 e. The Hall–Kier alpha value is -9.11. The molecule has 9 amide bonds. The molecule has 82 heavy (non-hydrogen) atoms. The summed E-state index contributed by atoms with van der Waals surface area (Å²) in [6.07, 6.45) is 2.23. The van der Waals surface area contributed by atoms with E-state index in [4.69, 9.17) is 33.4 Å². The van der Waals surface area contributed by atoms with Gasteiger partial charge >= 0.3 is 0 Å². The standard InChI is InChI=1S/C55H75N17O10/c56-46(74)37-19-9-10-22-61-45(73)27-42(70-52(80)43-29-65-38(47(75)71-43)20-11-23-62-54(57)58)51(79)72-44(31-82-30-33-15-5-2-6-16-33)53(81)68-40(25-32-13-3-1-4-14-32)49(77)67-39(21-12-24-63-55(59)60)48(76)69-41(50(78)66-37)26-34-28-64-36-18-8-7-17-35(34)36/h1-8,13-18,28,37-44,64-65H,9-12,19-27,29-31H2,(H2,56,74)(H,61,73)(H,66,78)(H,67,77)(H,68,81)(H,69,76)(H,70,80)(H,71,75)(H,72,79)(H4,57,58,62)(H4,59,60,63)/t37-,38-,39-,40+,41-,42-,43+,44-/m0/s1. The van der Waals surface area contributed by atoms with Gasteiger partial charge in [0, 0.05) is 56.1 Å². The summed E-state index contributed by atoms with van der Waals surface area (Å²) in [7, 11) is 0. The van der Waals surface area contributed by atoms with Crippen LogP contribution in [0.15, 0.2) is 101 Å². The van der Waals surface area contributed by atoms with Crippen LogP contribution in [0.3, 0.4) is 0 Å².